The number of nitrogens with one attached hydrogen (secondary N) is 1. The molecule has 2 aromatic carbocycles. The lowest BCUT2D eigenvalue weighted by Gasteiger charge is -2.13. The van der Waals surface area contributed by atoms with Crippen LogP contribution in [0.3, 0.4) is 0 Å². The highest BCUT2D eigenvalue weighted by Crippen LogP contribution is 2.25. The maximum absolute atomic E-state index is 13.6. The molecule has 0 spiro atoms. The topological polar surface area (TPSA) is 83.5 Å². The average Bonchev–Trinajstić information content (AvgIpc) is 2.43. The first-order chi connectivity index (χ1) is 10.6. The van der Waals surface area contributed by atoms with Gasteiger partial charge in [-0.2, -0.15) is 0 Å². The van der Waals surface area contributed by atoms with Crippen LogP contribution in [0.15, 0.2) is 35.2 Å². The van der Waals surface area contributed by atoms with Gasteiger partial charge in [0.25, 0.3) is 10.0 Å². The number of anilines is 1. The van der Waals surface area contributed by atoms with Crippen LogP contribution in [0.5, 0.6) is 0 Å². The Morgan fingerprint density at radius 2 is 1.78 bits per heavy atom. The summed E-state index contributed by atoms with van der Waals surface area (Å²) in [5, 5.41) is 9.09. The fourth-order valence-electron chi connectivity index (χ4n) is 2.13. The van der Waals surface area contributed by atoms with Gasteiger partial charge in [-0.3, -0.25) is 4.72 Å². The number of aryl methyl sites for hydroxylation is 2. The van der Waals surface area contributed by atoms with E-state index in [2.05, 4.69) is 0 Å². The van der Waals surface area contributed by atoms with E-state index in [9.17, 15) is 22.0 Å². The van der Waals surface area contributed by atoms with Crippen LogP contribution in [-0.2, 0) is 10.0 Å². The molecule has 0 aliphatic heterocycles. The molecular weight excluding hydrogens is 328 g/mol. The normalized spacial score (nSPS) is 11.3. The molecule has 0 aliphatic carbocycles. The minimum atomic E-state index is -4.28. The summed E-state index contributed by atoms with van der Waals surface area (Å²) >= 11 is 0. The quantitative estimate of drug-likeness (QED) is 0.895. The van der Waals surface area contributed by atoms with Crippen LogP contribution in [0.4, 0.5) is 14.5 Å². The summed E-state index contributed by atoms with van der Waals surface area (Å²) in [6, 6.07) is 5.47. The van der Waals surface area contributed by atoms with Crippen molar-refractivity contribution in [3.05, 3.63) is 58.7 Å². The first-order valence-corrected chi connectivity index (χ1v) is 7.93. The zero-order valence-corrected chi connectivity index (χ0v) is 13.0. The number of halogens is 2. The zero-order valence-electron chi connectivity index (χ0n) is 12.2. The second-order valence-corrected chi connectivity index (χ2v) is 6.60. The molecule has 0 atom stereocenters. The Balaban J connectivity index is 2.54. The summed E-state index contributed by atoms with van der Waals surface area (Å²) in [4.78, 5) is 10.8. The molecule has 2 rings (SSSR count). The van der Waals surface area contributed by atoms with Crippen molar-refractivity contribution in [2.45, 2.75) is 18.7 Å². The van der Waals surface area contributed by atoms with Gasteiger partial charge in [-0.05, 0) is 43.2 Å². The standard InChI is InChI=1S/C15H13F2NO4S/c1-8-6-9(2)13(7-10(8)15(19)20)23(21,22)18-12-5-3-4-11(16)14(12)17/h3-7,18H,1-2H3,(H,19,20). The predicted octanol–water partition coefficient (Wildman–Crippen LogP) is 3.08. The SMILES string of the molecule is Cc1cc(C)c(S(=O)(=O)Nc2cccc(F)c2F)cc1C(=O)O. The molecule has 2 aromatic rings. The molecular formula is C15H13F2NO4S. The second-order valence-electron chi connectivity index (χ2n) is 4.94. The molecule has 122 valence electrons. The van der Waals surface area contributed by atoms with Crippen LogP contribution in [0.1, 0.15) is 21.5 Å². The second kappa shape index (κ2) is 5.96. The fourth-order valence-corrected chi connectivity index (χ4v) is 3.45. The number of hydrogen-bond acceptors (Lipinski definition) is 3. The Bertz CT molecular complexity index is 895. The Labute approximate surface area is 131 Å². The molecule has 0 heterocycles. The lowest BCUT2D eigenvalue weighted by atomic mass is 10.1. The van der Waals surface area contributed by atoms with Crippen LogP contribution in [0.25, 0.3) is 0 Å². The lowest BCUT2D eigenvalue weighted by Crippen LogP contribution is -2.17. The Morgan fingerprint density at radius 1 is 1.13 bits per heavy atom. The van der Waals surface area contributed by atoms with Crippen LogP contribution >= 0.6 is 0 Å². The minimum absolute atomic E-state index is 0.185. The number of hydrogen-bond donors (Lipinski definition) is 2. The van der Waals surface area contributed by atoms with Crippen LogP contribution < -0.4 is 4.72 Å². The van der Waals surface area contributed by atoms with E-state index in [1.54, 1.807) is 0 Å². The number of carboxylic acids is 1. The van der Waals surface area contributed by atoms with Crippen molar-refractivity contribution in [1.29, 1.82) is 0 Å². The van der Waals surface area contributed by atoms with Gasteiger partial charge < -0.3 is 5.11 Å². The average molecular weight is 341 g/mol. The zero-order chi connectivity index (χ0) is 17.4. The van der Waals surface area contributed by atoms with Gasteiger partial charge in [0.05, 0.1) is 16.1 Å². The van der Waals surface area contributed by atoms with E-state index in [0.29, 0.717) is 5.56 Å². The van der Waals surface area contributed by atoms with E-state index in [-0.39, 0.29) is 16.0 Å². The molecule has 5 nitrogen and oxygen atoms in total. The summed E-state index contributed by atoms with van der Waals surface area (Å²) < 4.78 is 53.5. The van der Waals surface area contributed by atoms with Gasteiger partial charge in [0, 0.05) is 0 Å². The van der Waals surface area contributed by atoms with Crippen molar-refractivity contribution in [1.82, 2.24) is 0 Å². The van der Waals surface area contributed by atoms with E-state index in [4.69, 9.17) is 5.11 Å². The van der Waals surface area contributed by atoms with E-state index in [1.807, 2.05) is 4.72 Å². The third-order valence-corrected chi connectivity index (χ3v) is 4.75. The summed E-state index contributed by atoms with van der Waals surface area (Å²) in [6.07, 6.45) is 0. The first kappa shape index (κ1) is 16.9. The highest BCUT2D eigenvalue weighted by Gasteiger charge is 2.22. The highest BCUT2D eigenvalue weighted by molar-refractivity contribution is 7.92. The Kier molecular flexibility index (Phi) is 4.37. The highest BCUT2D eigenvalue weighted by atomic mass is 32.2. The maximum atomic E-state index is 13.6. The van der Waals surface area contributed by atoms with E-state index >= 15 is 0 Å². The van der Waals surface area contributed by atoms with Gasteiger partial charge >= 0.3 is 5.97 Å². The molecule has 0 fully saturated rings. The summed E-state index contributed by atoms with van der Waals surface area (Å²) in [5.74, 6) is -3.81. The van der Waals surface area contributed by atoms with Gasteiger partial charge in [0.1, 0.15) is 0 Å². The predicted molar refractivity (Wildman–Crippen MR) is 80.0 cm³/mol. The molecule has 0 saturated carbocycles. The van der Waals surface area contributed by atoms with Crippen molar-refractivity contribution in [2.24, 2.45) is 0 Å². The lowest BCUT2D eigenvalue weighted by molar-refractivity contribution is 0.0696. The van der Waals surface area contributed by atoms with Gasteiger partial charge in [0.2, 0.25) is 0 Å². The summed E-state index contributed by atoms with van der Waals surface area (Å²) in [7, 11) is -4.28. The third-order valence-electron chi connectivity index (χ3n) is 3.24. The third kappa shape index (κ3) is 3.31. The largest absolute Gasteiger partial charge is 0.478 e. The molecule has 0 unspecified atom stereocenters. The number of carboxylic acid groups (broad SMARTS) is 1. The maximum Gasteiger partial charge on any atom is 0.335 e. The Hall–Kier alpha value is -2.48. The molecule has 0 radical (unpaired) electrons. The van der Waals surface area contributed by atoms with E-state index < -0.39 is 33.3 Å². The smallest absolute Gasteiger partial charge is 0.335 e. The Morgan fingerprint density at radius 3 is 2.39 bits per heavy atom. The molecule has 0 aromatic heterocycles. The van der Waals surface area contributed by atoms with Gasteiger partial charge in [0.15, 0.2) is 11.6 Å². The van der Waals surface area contributed by atoms with Crippen molar-refractivity contribution < 1.29 is 27.1 Å². The molecule has 0 saturated heterocycles. The molecule has 0 bridgehead atoms. The minimum Gasteiger partial charge on any atom is -0.478 e. The van der Waals surface area contributed by atoms with Crippen LogP contribution in [-0.4, -0.2) is 19.5 Å². The van der Waals surface area contributed by atoms with E-state index in [0.717, 1.165) is 24.3 Å². The molecule has 0 aliphatic rings. The number of carbonyl (C=O) groups is 1. The van der Waals surface area contributed by atoms with Crippen LogP contribution in [0, 0.1) is 25.5 Å². The first-order valence-electron chi connectivity index (χ1n) is 6.45. The van der Waals surface area contributed by atoms with Crippen LogP contribution in [0.2, 0.25) is 0 Å². The van der Waals surface area contributed by atoms with Crippen molar-refractivity contribution in [3.8, 4) is 0 Å². The van der Waals surface area contributed by atoms with Gasteiger partial charge in [-0.1, -0.05) is 12.1 Å². The van der Waals surface area contributed by atoms with Crippen molar-refractivity contribution in [2.75, 3.05) is 4.72 Å². The van der Waals surface area contributed by atoms with Gasteiger partial charge in [-0.15, -0.1) is 0 Å². The summed E-state index contributed by atoms with van der Waals surface area (Å²) in [5.41, 5.74) is -0.0553. The number of sulfonamides is 1. The molecule has 0 amide bonds. The number of rotatable bonds is 4. The van der Waals surface area contributed by atoms with E-state index in [1.165, 1.54) is 19.9 Å². The molecule has 2 N–H and O–H groups in total. The molecule has 23 heavy (non-hydrogen) atoms. The monoisotopic (exact) mass is 341 g/mol. The summed E-state index contributed by atoms with van der Waals surface area (Å²) in [6.45, 7) is 3.02. The molecule has 8 heteroatoms. The van der Waals surface area contributed by atoms with Crippen molar-refractivity contribution >= 4 is 21.7 Å². The number of benzene rings is 2. The van der Waals surface area contributed by atoms with Crippen molar-refractivity contribution in [3.63, 3.8) is 0 Å². The number of aromatic carboxylic acids is 1. The fraction of sp³-hybridized carbons (Fsp3) is 0.133. The van der Waals surface area contributed by atoms with Gasteiger partial charge in [-0.25, -0.2) is 22.0 Å².